The molecule has 0 unspecified atom stereocenters. The molecule has 2 heterocycles. The minimum absolute atomic E-state index is 0.219. The molecule has 0 atom stereocenters. The summed E-state index contributed by atoms with van der Waals surface area (Å²) in [6, 6.07) is 0. The zero-order valence-corrected chi connectivity index (χ0v) is 10.7. The van der Waals surface area contributed by atoms with Crippen molar-refractivity contribution in [2.45, 2.75) is 26.2 Å². The van der Waals surface area contributed by atoms with Gasteiger partial charge in [0.1, 0.15) is 13.2 Å². The van der Waals surface area contributed by atoms with E-state index in [1.54, 1.807) is 7.11 Å². The smallest absolute Gasteiger partial charge is 0.282 e. The van der Waals surface area contributed by atoms with Gasteiger partial charge in [0, 0.05) is 13.5 Å². The predicted octanol–water partition coefficient (Wildman–Crippen LogP) is 1.64. The molecule has 2 fully saturated rings. The van der Waals surface area contributed by atoms with Gasteiger partial charge in [0.2, 0.25) is 0 Å². The molecule has 0 saturated carbocycles. The van der Waals surface area contributed by atoms with Crippen LogP contribution in [0.5, 0.6) is 0 Å². The average Bonchev–Trinajstić information content (AvgIpc) is 2.41. The lowest BCUT2D eigenvalue weighted by atomic mass is 9.90. The molecule has 1 spiro atoms. The minimum Gasteiger partial charge on any atom is -0.465 e. The largest absolute Gasteiger partial charge is 0.465 e. The van der Waals surface area contributed by atoms with Gasteiger partial charge in [-0.2, -0.15) is 0 Å². The van der Waals surface area contributed by atoms with Crippen LogP contribution in [-0.2, 0) is 23.7 Å². The van der Waals surface area contributed by atoms with E-state index in [9.17, 15) is 0 Å². The first kappa shape index (κ1) is 12.7. The number of allylic oxidation sites excluding steroid dienone is 1. The summed E-state index contributed by atoms with van der Waals surface area (Å²) in [6.07, 6.45) is 2.46. The van der Waals surface area contributed by atoms with E-state index in [-0.39, 0.29) is 5.41 Å². The number of hydrogen-bond donors (Lipinski definition) is 0. The van der Waals surface area contributed by atoms with Crippen molar-refractivity contribution in [3.8, 4) is 0 Å². The van der Waals surface area contributed by atoms with Gasteiger partial charge in [0.05, 0.1) is 18.6 Å². The summed E-state index contributed by atoms with van der Waals surface area (Å²) in [4.78, 5) is 0. The Hall–Kier alpha value is -0.780. The molecule has 0 aliphatic carbocycles. The summed E-state index contributed by atoms with van der Waals surface area (Å²) < 4.78 is 27.7. The lowest BCUT2D eigenvalue weighted by Crippen LogP contribution is -2.55. The molecule has 0 radical (unpaired) electrons. The van der Waals surface area contributed by atoms with Crippen LogP contribution in [0.25, 0.3) is 0 Å². The maximum absolute atomic E-state index is 5.70. The van der Waals surface area contributed by atoms with Crippen molar-refractivity contribution in [2.75, 3.05) is 33.5 Å². The number of ether oxygens (including phenoxy) is 5. The van der Waals surface area contributed by atoms with E-state index < -0.39 is 5.97 Å². The third kappa shape index (κ3) is 2.41. The van der Waals surface area contributed by atoms with Crippen LogP contribution in [0, 0.1) is 5.41 Å². The summed E-state index contributed by atoms with van der Waals surface area (Å²) in [5, 5.41) is 0. The van der Waals surface area contributed by atoms with E-state index >= 15 is 0 Å². The van der Waals surface area contributed by atoms with Gasteiger partial charge in [-0.3, -0.25) is 0 Å². The fraction of sp³-hybridized carbons (Fsp3) is 0.833. The Morgan fingerprint density at radius 1 is 1.18 bits per heavy atom. The highest BCUT2D eigenvalue weighted by atomic mass is 16.9. The molecule has 2 aliphatic heterocycles. The van der Waals surface area contributed by atoms with Gasteiger partial charge in [0.15, 0.2) is 0 Å². The zero-order chi connectivity index (χ0) is 12.4. The van der Waals surface area contributed by atoms with Gasteiger partial charge >= 0.3 is 0 Å². The fourth-order valence-electron chi connectivity index (χ4n) is 1.94. The summed E-state index contributed by atoms with van der Waals surface area (Å²) in [6.45, 7) is 5.99. The lowest BCUT2D eigenvalue weighted by Gasteiger charge is -2.45. The molecule has 0 amide bonds. The molecule has 17 heavy (non-hydrogen) atoms. The summed E-state index contributed by atoms with van der Waals surface area (Å²) in [5.74, 6) is -0.318. The Morgan fingerprint density at radius 3 is 2.18 bits per heavy atom. The van der Waals surface area contributed by atoms with Crippen molar-refractivity contribution >= 4 is 0 Å². The van der Waals surface area contributed by atoms with E-state index in [2.05, 4.69) is 0 Å². The van der Waals surface area contributed by atoms with Crippen molar-refractivity contribution < 1.29 is 23.7 Å². The Balaban J connectivity index is 1.95. The van der Waals surface area contributed by atoms with E-state index in [1.807, 2.05) is 19.9 Å². The van der Waals surface area contributed by atoms with E-state index in [0.29, 0.717) is 38.8 Å². The molecule has 5 nitrogen and oxygen atoms in total. The van der Waals surface area contributed by atoms with Gasteiger partial charge in [-0.15, -0.1) is 0 Å². The lowest BCUT2D eigenvalue weighted by molar-refractivity contribution is -0.420. The van der Waals surface area contributed by atoms with Crippen molar-refractivity contribution in [2.24, 2.45) is 5.41 Å². The summed E-state index contributed by atoms with van der Waals surface area (Å²) in [5.41, 5.74) is -0.219. The number of methoxy groups -OCH3 is 1. The standard InChI is InChI=1S/C12H20O5/c1-4-10-14-6-11(7-15-10)8-16-12(5-2,13-3)17-9-11/h4H,5-9H2,1-3H3. The second-order valence-corrected chi connectivity index (χ2v) is 4.50. The monoisotopic (exact) mass is 244 g/mol. The first-order chi connectivity index (χ1) is 8.17. The van der Waals surface area contributed by atoms with Crippen molar-refractivity contribution in [3.05, 3.63) is 12.0 Å². The van der Waals surface area contributed by atoms with Crippen LogP contribution in [0.15, 0.2) is 12.0 Å². The van der Waals surface area contributed by atoms with E-state index in [1.165, 1.54) is 0 Å². The molecule has 0 aromatic carbocycles. The van der Waals surface area contributed by atoms with Crippen LogP contribution < -0.4 is 0 Å². The van der Waals surface area contributed by atoms with Gasteiger partial charge in [-0.05, 0) is 13.0 Å². The van der Waals surface area contributed by atoms with Crippen LogP contribution in [0.3, 0.4) is 0 Å². The first-order valence-electron chi connectivity index (χ1n) is 5.92. The highest BCUT2D eigenvalue weighted by molar-refractivity contribution is 4.92. The molecule has 0 aromatic heterocycles. The molecule has 0 N–H and O–H groups in total. The topological polar surface area (TPSA) is 46.2 Å². The number of rotatable bonds is 2. The van der Waals surface area contributed by atoms with Crippen molar-refractivity contribution in [1.82, 2.24) is 0 Å². The SMILES string of the molecule is CC=C1OCC2(CO1)COC(CC)(OC)OC2. The second-order valence-electron chi connectivity index (χ2n) is 4.50. The van der Waals surface area contributed by atoms with Crippen molar-refractivity contribution in [3.63, 3.8) is 0 Å². The molecule has 5 heteroatoms. The molecular weight excluding hydrogens is 224 g/mol. The summed E-state index contributed by atoms with van der Waals surface area (Å²) in [7, 11) is 1.59. The maximum Gasteiger partial charge on any atom is 0.282 e. The predicted molar refractivity (Wildman–Crippen MR) is 60.0 cm³/mol. The maximum atomic E-state index is 5.70. The molecule has 0 bridgehead atoms. The van der Waals surface area contributed by atoms with E-state index in [0.717, 1.165) is 0 Å². The van der Waals surface area contributed by atoms with Gasteiger partial charge in [0.25, 0.3) is 11.9 Å². The van der Waals surface area contributed by atoms with Crippen molar-refractivity contribution in [1.29, 1.82) is 0 Å². The van der Waals surface area contributed by atoms with Crippen LogP contribution >= 0.6 is 0 Å². The van der Waals surface area contributed by atoms with Crippen LogP contribution in [0.2, 0.25) is 0 Å². The molecule has 98 valence electrons. The van der Waals surface area contributed by atoms with Crippen LogP contribution in [0.4, 0.5) is 0 Å². The third-order valence-corrected chi connectivity index (χ3v) is 3.22. The Morgan fingerprint density at radius 2 is 1.76 bits per heavy atom. The van der Waals surface area contributed by atoms with Crippen LogP contribution in [-0.4, -0.2) is 39.5 Å². The Bertz CT molecular complexity index is 273. The Labute approximate surface area is 102 Å². The molecule has 2 saturated heterocycles. The first-order valence-corrected chi connectivity index (χ1v) is 5.92. The Kier molecular flexibility index (Phi) is 3.61. The average molecular weight is 244 g/mol. The van der Waals surface area contributed by atoms with Gasteiger partial charge < -0.3 is 23.7 Å². The van der Waals surface area contributed by atoms with Crippen LogP contribution in [0.1, 0.15) is 20.3 Å². The highest BCUT2D eigenvalue weighted by Gasteiger charge is 2.47. The molecular formula is C12H20O5. The second kappa shape index (κ2) is 4.84. The minimum atomic E-state index is -0.897. The molecule has 0 aromatic rings. The van der Waals surface area contributed by atoms with E-state index in [4.69, 9.17) is 23.7 Å². The quantitative estimate of drug-likeness (QED) is 0.739. The third-order valence-electron chi connectivity index (χ3n) is 3.22. The molecule has 2 rings (SSSR count). The van der Waals surface area contributed by atoms with Gasteiger partial charge in [-0.25, -0.2) is 0 Å². The zero-order valence-electron chi connectivity index (χ0n) is 10.7. The molecule has 2 aliphatic rings. The number of hydrogen-bond acceptors (Lipinski definition) is 5. The normalized spacial score (nSPS) is 37.5. The summed E-state index contributed by atoms with van der Waals surface area (Å²) >= 11 is 0. The fourth-order valence-corrected chi connectivity index (χ4v) is 1.94. The van der Waals surface area contributed by atoms with Gasteiger partial charge in [-0.1, -0.05) is 6.92 Å². The highest BCUT2D eigenvalue weighted by Crippen LogP contribution is 2.36.